The molecule has 0 aromatic heterocycles. The van der Waals surface area contributed by atoms with Gasteiger partial charge < -0.3 is 4.90 Å². The third-order valence-electron chi connectivity index (χ3n) is 4.80. The molecule has 0 radical (unpaired) electrons. The van der Waals surface area contributed by atoms with Crippen LogP contribution in [0.3, 0.4) is 0 Å². The van der Waals surface area contributed by atoms with Crippen LogP contribution in [0.15, 0.2) is 35.6 Å². The minimum Gasteiger partial charge on any atom is -0.302 e. The van der Waals surface area contributed by atoms with Crippen molar-refractivity contribution in [3.8, 4) is 11.1 Å². The molecule has 0 N–H and O–H groups in total. The molecule has 0 fully saturated rings. The molecule has 2 aliphatic heterocycles. The Morgan fingerprint density at radius 2 is 1.88 bits per heavy atom. The Labute approximate surface area is 144 Å². The monoisotopic (exact) mass is 341 g/mol. The second-order valence-electron chi connectivity index (χ2n) is 6.33. The quantitative estimate of drug-likeness (QED) is 0.782. The van der Waals surface area contributed by atoms with E-state index in [2.05, 4.69) is 17.2 Å². The lowest BCUT2D eigenvalue weighted by atomic mass is 9.86. The van der Waals surface area contributed by atoms with Crippen LogP contribution >= 0.6 is 11.6 Å². The molecule has 4 rings (SSSR count). The van der Waals surface area contributed by atoms with E-state index in [9.17, 15) is 9.70 Å². The van der Waals surface area contributed by atoms with Crippen LogP contribution in [0, 0.1) is 4.91 Å². The zero-order valence-corrected chi connectivity index (χ0v) is 14.0. The van der Waals surface area contributed by atoms with E-state index in [0.717, 1.165) is 41.8 Å². The molecule has 2 aliphatic rings. The molecule has 2 aromatic rings. The lowest BCUT2D eigenvalue weighted by Gasteiger charge is -2.29. The summed E-state index contributed by atoms with van der Waals surface area (Å²) in [4.78, 5) is 25.8. The zero-order valence-electron chi connectivity index (χ0n) is 13.3. The molecule has 24 heavy (non-hydrogen) atoms. The second kappa shape index (κ2) is 5.69. The van der Waals surface area contributed by atoms with Gasteiger partial charge in [-0.2, -0.15) is 0 Å². The van der Waals surface area contributed by atoms with Crippen molar-refractivity contribution in [3.63, 3.8) is 0 Å². The Morgan fingerprint density at radius 3 is 2.58 bits per heavy atom. The van der Waals surface area contributed by atoms with Crippen LogP contribution in [0.25, 0.3) is 11.1 Å². The fourth-order valence-electron chi connectivity index (χ4n) is 3.65. The topological polar surface area (TPSA) is 53.0 Å². The number of ketones is 1. The normalized spacial score (nSPS) is 16.9. The Bertz CT molecular complexity index is 848. The molecular formula is C18H16ClN3O2. The number of Topliss-reactive ketones (excluding diaryl/α,β-unsaturated/α-hetero) is 1. The van der Waals surface area contributed by atoms with Gasteiger partial charge in [0.25, 0.3) is 0 Å². The summed E-state index contributed by atoms with van der Waals surface area (Å²) in [6.07, 6.45) is 0.800. The summed E-state index contributed by atoms with van der Waals surface area (Å²) in [5.41, 5.74) is 5.59. The number of likely N-dealkylation sites (N-methyl/N-ethyl adjacent to an activating group) is 1. The molecule has 122 valence electrons. The number of carbonyl (C=O) groups excluding carboxylic acids is 1. The zero-order chi connectivity index (χ0) is 16.8. The van der Waals surface area contributed by atoms with Crippen molar-refractivity contribution in [1.29, 1.82) is 0 Å². The highest BCUT2D eigenvalue weighted by atomic mass is 35.5. The molecule has 0 amide bonds. The number of carbonyl (C=O) groups is 1. The van der Waals surface area contributed by atoms with Crippen molar-refractivity contribution in [2.45, 2.75) is 13.0 Å². The number of rotatable bonds is 2. The minimum atomic E-state index is -0.0203. The first-order chi connectivity index (χ1) is 11.6. The highest BCUT2D eigenvalue weighted by Crippen LogP contribution is 2.41. The van der Waals surface area contributed by atoms with E-state index < -0.39 is 0 Å². The fourth-order valence-corrected chi connectivity index (χ4v) is 3.77. The molecule has 5 nitrogen and oxygen atoms in total. The summed E-state index contributed by atoms with van der Waals surface area (Å²) in [5, 5.41) is 4.96. The maximum atomic E-state index is 12.4. The summed E-state index contributed by atoms with van der Waals surface area (Å²) in [6, 6.07) is 9.56. The third-order valence-corrected chi connectivity index (χ3v) is 5.06. The predicted octanol–water partition coefficient (Wildman–Crippen LogP) is 3.68. The van der Waals surface area contributed by atoms with Gasteiger partial charge >= 0.3 is 0 Å². The van der Waals surface area contributed by atoms with Crippen LogP contribution in [0.1, 0.15) is 21.5 Å². The van der Waals surface area contributed by atoms with E-state index in [1.54, 1.807) is 0 Å². The number of anilines is 1. The van der Waals surface area contributed by atoms with Gasteiger partial charge in [-0.3, -0.25) is 4.79 Å². The summed E-state index contributed by atoms with van der Waals surface area (Å²) in [5.74, 6) is -0.0203. The number of benzene rings is 2. The van der Waals surface area contributed by atoms with Crippen molar-refractivity contribution in [3.05, 3.63) is 57.0 Å². The molecule has 0 saturated heterocycles. The van der Waals surface area contributed by atoms with Crippen LogP contribution in [-0.4, -0.2) is 30.8 Å². The van der Waals surface area contributed by atoms with E-state index in [1.807, 2.05) is 30.3 Å². The summed E-state index contributed by atoms with van der Waals surface area (Å²) in [6.45, 7) is 1.71. The molecule has 0 saturated carbocycles. The molecule has 2 heterocycles. The van der Waals surface area contributed by atoms with Crippen molar-refractivity contribution in [2.75, 3.05) is 25.1 Å². The van der Waals surface area contributed by atoms with Crippen molar-refractivity contribution >= 4 is 23.1 Å². The van der Waals surface area contributed by atoms with Gasteiger partial charge in [0.05, 0.1) is 11.0 Å². The number of hydrogen-bond acceptors (Lipinski definition) is 4. The van der Waals surface area contributed by atoms with Gasteiger partial charge in [-0.05, 0) is 53.9 Å². The average Bonchev–Trinajstić information content (AvgIpc) is 2.91. The molecule has 2 aromatic carbocycles. The molecule has 0 bridgehead atoms. The molecule has 0 unspecified atom stereocenters. The number of nitroso groups, excluding NO2 is 1. The molecule has 0 aliphatic carbocycles. The number of nitrogens with zero attached hydrogens (tertiary/aromatic N) is 3. The smallest absolute Gasteiger partial charge is 0.186 e. The Morgan fingerprint density at radius 1 is 1.12 bits per heavy atom. The number of halogens is 1. The average molecular weight is 342 g/mol. The van der Waals surface area contributed by atoms with Crippen LogP contribution in [0.5, 0.6) is 0 Å². The van der Waals surface area contributed by atoms with E-state index in [-0.39, 0.29) is 12.3 Å². The molecular weight excluding hydrogens is 326 g/mol. The molecule has 0 spiro atoms. The van der Waals surface area contributed by atoms with Crippen molar-refractivity contribution < 1.29 is 4.79 Å². The van der Waals surface area contributed by atoms with E-state index in [1.165, 1.54) is 5.01 Å². The number of fused-ring (bicyclic) bond motifs is 3. The molecule has 0 atom stereocenters. The van der Waals surface area contributed by atoms with E-state index >= 15 is 0 Å². The van der Waals surface area contributed by atoms with Gasteiger partial charge in [-0.25, -0.2) is 5.01 Å². The SMILES string of the molecule is CN1CCc2c(c(-c3ccc(Cl)cc3)cc3c2C(=O)CN3N=O)C1. The first-order valence-electron chi connectivity index (χ1n) is 7.85. The predicted molar refractivity (Wildman–Crippen MR) is 94.4 cm³/mol. The standard InChI is InChI=1S/C18H16ClN3O2/c1-21-7-6-13-15(9-21)14(11-2-4-12(19)5-3-11)8-16-18(13)17(23)10-22(16)20-24/h2-5,8H,6-7,9-10H2,1H3. The van der Waals surface area contributed by atoms with Crippen LogP contribution < -0.4 is 5.01 Å². The largest absolute Gasteiger partial charge is 0.302 e. The van der Waals surface area contributed by atoms with Crippen molar-refractivity contribution in [2.24, 2.45) is 5.29 Å². The van der Waals surface area contributed by atoms with Crippen LogP contribution in [-0.2, 0) is 13.0 Å². The lowest BCUT2D eigenvalue weighted by molar-refractivity contribution is 0.101. The van der Waals surface area contributed by atoms with Gasteiger partial charge in [-0.15, -0.1) is 4.91 Å². The number of hydrogen-bond donors (Lipinski definition) is 0. The van der Waals surface area contributed by atoms with E-state index in [0.29, 0.717) is 16.3 Å². The Kier molecular flexibility index (Phi) is 3.62. The Hall–Kier alpha value is -2.24. The Balaban J connectivity index is 1.98. The van der Waals surface area contributed by atoms with Gasteiger partial charge in [0.2, 0.25) is 0 Å². The first-order valence-corrected chi connectivity index (χ1v) is 8.23. The highest BCUT2D eigenvalue weighted by molar-refractivity contribution is 6.30. The van der Waals surface area contributed by atoms with Crippen LogP contribution in [0.2, 0.25) is 5.02 Å². The maximum absolute atomic E-state index is 12.4. The lowest BCUT2D eigenvalue weighted by Crippen LogP contribution is -2.28. The van der Waals surface area contributed by atoms with Gasteiger partial charge in [-0.1, -0.05) is 23.7 Å². The van der Waals surface area contributed by atoms with Crippen LogP contribution in [0.4, 0.5) is 5.69 Å². The minimum absolute atomic E-state index is 0.0203. The second-order valence-corrected chi connectivity index (χ2v) is 6.77. The summed E-state index contributed by atoms with van der Waals surface area (Å²) < 4.78 is 0. The van der Waals surface area contributed by atoms with Crippen molar-refractivity contribution in [1.82, 2.24) is 4.90 Å². The van der Waals surface area contributed by atoms with E-state index in [4.69, 9.17) is 11.6 Å². The van der Waals surface area contributed by atoms with Gasteiger partial charge in [0.1, 0.15) is 6.54 Å². The van der Waals surface area contributed by atoms with Gasteiger partial charge in [0, 0.05) is 23.7 Å². The summed E-state index contributed by atoms with van der Waals surface area (Å²) >= 11 is 6.01. The summed E-state index contributed by atoms with van der Waals surface area (Å²) in [7, 11) is 2.07. The maximum Gasteiger partial charge on any atom is 0.186 e. The highest BCUT2D eigenvalue weighted by Gasteiger charge is 2.34. The first kappa shape index (κ1) is 15.3. The fraction of sp³-hybridized carbons (Fsp3) is 0.278. The molecule has 6 heteroatoms. The van der Waals surface area contributed by atoms with Gasteiger partial charge in [0.15, 0.2) is 5.78 Å². The third kappa shape index (κ3) is 2.32.